The molecule has 0 aliphatic carbocycles. The fourth-order valence-electron chi connectivity index (χ4n) is 1.49. The van der Waals surface area contributed by atoms with Gasteiger partial charge < -0.3 is 15.2 Å². The zero-order valence-electron chi connectivity index (χ0n) is 9.66. The fraction of sp³-hybridized carbons (Fsp3) is 0.167. The highest BCUT2D eigenvalue weighted by atomic mass is 32.1. The Balaban J connectivity index is 2.21. The summed E-state index contributed by atoms with van der Waals surface area (Å²) in [4.78, 5) is 16.0. The first-order valence-corrected chi connectivity index (χ1v) is 6.11. The zero-order chi connectivity index (χ0) is 13.0. The number of nitrogens with zero attached hydrogens (tertiary/aromatic N) is 1. The molecule has 5 nitrogen and oxygen atoms in total. The molecule has 2 aromatic heterocycles. The lowest BCUT2D eigenvalue weighted by Crippen LogP contribution is -2.19. The van der Waals surface area contributed by atoms with E-state index >= 15 is 0 Å². The summed E-state index contributed by atoms with van der Waals surface area (Å²) in [6.07, 6.45) is 1.56. The van der Waals surface area contributed by atoms with Gasteiger partial charge in [0.25, 0.3) is 0 Å². The molecule has 1 unspecified atom stereocenters. The minimum atomic E-state index is -0.923. The van der Waals surface area contributed by atoms with Crippen LogP contribution in [0.15, 0.2) is 35.8 Å². The average molecular weight is 264 g/mol. The number of anilines is 1. The van der Waals surface area contributed by atoms with Crippen LogP contribution in [0.3, 0.4) is 0 Å². The van der Waals surface area contributed by atoms with E-state index in [0.29, 0.717) is 11.6 Å². The first kappa shape index (κ1) is 12.4. The highest BCUT2D eigenvalue weighted by Gasteiger charge is 2.20. The summed E-state index contributed by atoms with van der Waals surface area (Å²) in [7, 11) is 1.51. The van der Waals surface area contributed by atoms with Crippen molar-refractivity contribution in [1.29, 1.82) is 0 Å². The third kappa shape index (κ3) is 2.78. The number of carboxylic acids is 1. The van der Waals surface area contributed by atoms with E-state index in [-0.39, 0.29) is 0 Å². The summed E-state index contributed by atoms with van der Waals surface area (Å²) >= 11 is 1.40. The van der Waals surface area contributed by atoms with Crippen LogP contribution in [-0.4, -0.2) is 23.2 Å². The van der Waals surface area contributed by atoms with Crippen molar-refractivity contribution in [2.45, 2.75) is 6.04 Å². The van der Waals surface area contributed by atoms with Gasteiger partial charge in [-0.1, -0.05) is 6.07 Å². The van der Waals surface area contributed by atoms with Gasteiger partial charge >= 0.3 is 5.97 Å². The van der Waals surface area contributed by atoms with E-state index in [0.717, 1.165) is 4.88 Å². The number of ether oxygens (including phenoxy) is 1. The van der Waals surface area contributed by atoms with E-state index in [1.807, 2.05) is 11.4 Å². The van der Waals surface area contributed by atoms with Crippen molar-refractivity contribution < 1.29 is 14.6 Å². The molecule has 0 aliphatic rings. The second-order valence-electron chi connectivity index (χ2n) is 3.52. The number of carbonyl (C=O) groups is 1. The molecule has 0 bridgehead atoms. The Kier molecular flexibility index (Phi) is 3.78. The van der Waals surface area contributed by atoms with Crippen LogP contribution < -0.4 is 10.1 Å². The van der Waals surface area contributed by atoms with Crippen molar-refractivity contribution >= 4 is 23.0 Å². The van der Waals surface area contributed by atoms with Gasteiger partial charge in [-0.25, -0.2) is 9.78 Å². The molecule has 2 N–H and O–H groups in total. The van der Waals surface area contributed by atoms with Crippen molar-refractivity contribution in [2.75, 3.05) is 12.4 Å². The second kappa shape index (κ2) is 5.50. The number of hydrogen-bond donors (Lipinski definition) is 2. The molecule has 0 saturated heterocycles. The number of aliphatic carboxylic acids is 1. The van der Waals surface area contributed by atoms with Crippen molar-refractivity contribution in [1.82, 2.24) is 4.98 Å². The number of carboxylic acid groups (broad SMARTS) is 1. The third-order valence-electron chi connectivity index (χ3n) is 2.33. The fourth-order valence-corrected chi connectivity index (χ4v) is 2.25. The van der Waals surface area contributed by atoms with Gasteiger partial charge in [0.15, 0.2) is 6.04 Å². The summed E-state index contributed by atoms with van der Waals surface area (Å²) in [6.45, 7) is 0. The molecule has 2 aromatic rings. The predicted molar refractivity (Wildman–Crippen MR) is 69.1 cm³/mol. The molecule has 6 heteroatoms. The number of thiophene rings is 1. The lowest BCUT2D eigenvalue weighted by Gasteiger charge is -2.14. The normalized spacial score (nSPS) is 11.8. The monoisotopic (exact) mass is 264 g/mol. The van der Waals surface area contributed by atoms with Crippen LogP contribution in [0.1, 0.15) is 10.9 Å². The van der Waals surface area contributed by atoms with Crippen LogP contribution in [0.25, 0.3) is 0 Å². The topological polar surface area (TPSA) is 71.5 Å². The first-order valence-electron chi connectivity index (χ1n) is 5.23. The van der Waals surface area contributed by atoms with Gasteiger partial charge in [0.05, 0.1) is 7.11 Å². The SMILES string of the molecule is COc1cc(NC(C(=O)O)c2cccs2)ccn1. The van der Waals surface area contributed by atoms with Gasteiger partial charge in [0.1, 0.15) is 0 Å². The molecule has 94 valence electrons. The van der Waals surface area contributed by atoms with E-state index in [4.69, 9.17) is 4.74 Å². The van der Waals surface area contributed by atoms with Gasteiger partial charge in [0.2, 0.25) is 5.88 Å². The molecule has 18 heavy (non-hydrogen) atoms. The maximum Gasteiger partial charge on any atom is 0.331 e. The summed E-state index contributed by atoms with van der Waals surface area (Å²) < 4.78 is 4.99. The number of hydrogen-bond acceptors (Lipinski definition) is 5. The molecule has 0 aromatic carbocycles. The molecular formula is C12H12N2O3S. The Morgan fingerprint density at radius 3 is 3.00 bits per heavy atom. The van der Waals surface area contributed by atoms with E-state index < -0.39 is 12.0 Å². The summed E-state index contributed by atoms with van der Waals surface area (Å²) in [5, 5.41) is 14.0. The summed E-state index contributed by atoms with van der Waals surface area (Å²) in [5.74, 6) is -0.483. The standard InChI is InChI=1S/C12H12N2O3S/c1-17-10-7-8(4-5-13-10)14-11(12(15)16)9-3-2-6-18-9/h2-7,11H,1H3,(H,13,14)(H,15,16). The van der Waals surface area contributed by atoms with Gasteiger partial charge in [-0.15, -0.1) is 11.3 Å². The lowest BCUT2D eigenvalue weighted by molar-refractivity contribution is -0.138. The molecule has 0 amide bonds. The van der Waals surface area contributed by atoms with E-state index in [2.05, 4.69) is 10.3 Å². The van der Waals surface area contributed by atoms with Gasteiger partial charge in [-0.05, 0) is 17.5 Å². The number of methoxy groups -OCH3 is 1. The molecule has 0 aliphatic heterocycles. The average Bonchev–Trinajstić information content (AvgIpc) is 2.89. The van der Waals surface area contributed by atoms with Crippen molar-refractivity contribution in [3.05, 3.63) is 40.7 Å². The minimum Gasteiger partial charge on any atom is -0.481 e. The number of aromatic nitrogens is 1. The van der Waals surface area contributed by atoms with Gasteiger partial charge in [0, 0.05) is 22.8 Å². The maximum absolute atomic E-state index is 11.3. The molecule has 0 radical (unpaired) electrons. The molecule has 1 atom stereocenters. The van der Waals surface area contributed by atoms with E-state index in [1.54, 1.807) is 24.4 Å². The molecular weight excluding hydrogens is 252 g/mol. The summed E-state index contributed by atoms with van der Waals surface area (Å²) in [6, 6.07) is 6.20. The Bertz CT molecular complexity index is 528. The maximum atomic E-state index is 11.3. The van der Waals surface area contributed by atoms with Crippen LogP contribution in [0, 0.1) is 0 Å². The quantitative estimate of drug-likeness (QED) is 0.867. The van der Waals surface area contributed by atoms with Crippen LogP contribution in [0.5, 0.6) is 5.88 Å². The first-order chi connectivity index (χ1) is 8.70. The highest BCUT2D eigenvalue weighted by molar-refractivity contribution is 7.10. The molecule has 0 fully saturated rings. The second-order valence-corrected chi connectivity index (χ2v) is 4.50. The van der Waals surface area contributed by atoms with E-state index in [1.165, 1.54) is 18.4 Å². The Morgan fingerprint density at radius 1 is 1.56 bits per heavy atom. The van der Waals surface area contributed by atoms with Crippen molar-refractivity contribution in [3.63, 3.8) is 0 Å². The third-order valence-corrected chi connectivity index (χ3v) is 3.27. The van der Waals surface area contributed by atoms with Crippen LogP contribution in [-0.2, 0) is 4.79 Å². The molecule has 2 heterocycles. The van der Waals surface area contributed by atoms with Crippen molar-refractivity contribution in [2.24, 2.45) is 0 Å². The van der Waals surface area contributed by atoms with Crippen LogP contribution in [0.2, 0.25) is 0 Å². The summed E-state index contributed by atoms with van der Waals surface area (Å²) in [5.41, 5.74) is 0.655. The minimum absolute atomic E-state index is 0.440. The molecule has 0 spiro atoms. The van der Waals surface area contributed by atoms with Crippen LogP contribution >= 0.6 is 11.3 Å². The van der Waals surface area contributed by atoms with Crippen molar-refractivity contribution in [3.8, 4) is 5.88 Å². The number of pyridine rings is 1. The Hall–Kier alpha value is -2.08. The van der Waals surface area contributed by atoms with Gasteiger partial charge in [-0.2, -0.15) is 0 Å². The Labute approximate surface area is 108 Å². The Morgan fingerprint density at radius 2 is 2.39 bits per heavy atom. The predicted octanol–water partition coefficient (Wildman–Crippen LogP) is 2.39. The number of nitrogens with one attached hydrogen (secondary N) is 1. The van der Waals surface area contributed by atoms with E-state index in [9.17, 15) is 9.90 Å². The van der Waals surface area contributed by atoms with Gasteiger partial charge in [-0.3, -0.25) is 0 Å². The largest absolute Gasteiger partial charge is 0.481 e. The molecule has 0 saturated carbocycles. The molecule has 2 rings (SSSR count). The zero-order valence-corrected chi connectivity index (χ0v) is 10.5. The highest BCUT2D eigenvalue weighted by Crippen LogP contribution is 2.24. The smallest absolute Gasteiger partial charge is 0.331 e. The number of rotatable bonds is 5. The lowest BCUT2D eigenvalue weighted by atomic mass is 10.2. The van der Waals surface area contributed by atoms with Crippen LogP contribution in [0.4, 0.5) is 5.69 Å².